The van der Waals surface area contributed by atoms with Crippen LogP contribution >= 0.6 is 0 Å². The summed E-state index contributed by atoms with van der Waals surface area (Å²) in [5, 5.41) is 17.9. The zero-order valence-corrected chi connectivity index (χ0v) is 16.8. The van der Waals surface area contributed by atoms with E-state index in [2.05, 4.69) is 15.4 Å². The second-order valence-corrected chi connectivity index (χ2v) is 7.65. The van der Waals surface area contributed by atoms with Crippen LogP contribution in [-0.2, 0) is 9.53 Å². The number of methoxy groups -OCH3 is 1. The second-order valence-electron chi connectivity index (χ2n) is 7.65. The van der Waals surface area contributed by atoms with Crippen molar-refractivity contribution < 1.29 is 19.4 Å². The third kappa shape index (κ3) is 3.16. The zero-order chi connectivity index (χ0) is 21.5. The molecule has 0 fully saturated rings. The zero-order valence-electron chi connectivity index (χ0n) is 16.8. The molecule has 5 rings (SSSR count). The first-order valence-corrected chi connectivity index (χ1v) is 9.95. The minimum atomic E-state index is -0.446. The molecule has 0 radical (unpaired) electrons. The van der Waals surface area contributed by atoms with E-state index >= 15 is 0 Å². The van der Waals surface area contributed by atoms with Gasteiger partial charge >= 0.3 is 5.97 Å². The largest absolute Gasteiger partial charge is 0.508 e. The number of hydrogen-bond donors (Lipinski definition) is 2. The van der Waals surface area contributed by atoms with Gasteiger partial charge in [-0.1, -0.05) is 30.3 Å². The van der Waals surface area contributed by atoms with Crippen molar-refractivity contribution in [2.45, 2.75) is 24.8 Å². The van der Waals surface area contributed by atoms with E-state index in [0.29, 0.717) is 29.9 Å². The van der Waals surface area contributed by atoms with Crippen LogP contribution in [0.5, 0.6) is 5.75 Å². The van der Waals surface area contributed by atoms with Gasteiger partial charge in [0.05, 0.1) is 12.7 Å². The number of nitrogens with one attached hydrogen (secondary N) is 1. The number of carbonyl (C=O) groups is 2. The monoisotopic (exact) mass is 416 g/mol. The number of esters is 1. The number of rotatable bonds is 3. The van der Waals surface area contributed by atoms with Crippen LogP contribution in [0.15, 0.2) is 66.1 Å². The smallest absolute Gasteiger partial charge is 0.337 e. The van der Waals surface area contributed by atoms with Crippen LogP contribution in [0, 0.1) is 0 Å². The van der Waals surface area contributed by atoms with E-state index in [1.807, 2.05) is 12.1 Å². The van der Waals surface area contributed by atoms with E-state index in [1.54, 1.807) is 41.1 Å². The molecule has 2 atom stereocenters. The average Bonchev–Trinajstić information content (AvgIpc) is 3.25. The summed E-state index contributed by atoms with van der Waals surface area (Å²) in [6.07, 6.45) is 2.31. The lowest BCUT2D eigenvalue weighted by molar-refractivity contribution is -0.116. The van der Waals surface area contributed by atoms with E-state index in [1.165, 1.54) is 13.4 Å². The Kier molecular flexibility index (Phi) is 4.54. The first kappa shape index (κ1) is 19.0. The van der Waals surface area contributed by atoms with Crippen LogP contribution < -0.4 is 5.32 Å². The lowest BCUT2D eigenvalue weighted by Gasteiger charge is -2.35. The number of allylic oxidation sites excluding steroid dienone is 2. The Hall–Kier alpha value is -3.94. The number of anilines is 1. The van der Waals surface area contributed by atoms with Gasteiger partial charge in [0.2, 0.25) is 5.95 Å². The molecule has 2 N–H and O–H groups in total. The summed E-state index contributed by atoms with van der Waals surface area (Å²) in [5.74, 6) is 0.184. The van der Waals surface area contributed by atoms with Crippen molar-refractivity contribution in [2.75, 3.05) is 12.4 Å². The van der Waals surface area contributed by atoms with Gasteiger partial charge in [0.1, 0.15) is 18.1 Å². The van der Waals surface area contributed by atoms with Crippen LogP contribution in [-0.4, -0.2) is 38.7 Å². The first-order valence-electron chi connectivity index (χ1n) is 9.95. The number of Topliss-reactive ketones (excluding diaryl/α,β-unsaturated/α-hetero) is 1. The highest BCUT2D eigenvalue weighted by atomic mass is 16.5. The van der Waals surface area contributed by atoms with Gasteiger partial charge in [-0.25, -0.2) is 9.48 Å². The Labute approximate surface area is 178 Å². The standard InChI is InChI=1S/C23H20N4O4/c1-31-22(30)14-8-6-13(7-9-14)21-20-17(26-23-24-12-25-27(21)23)10-15(11-19(20)29)16-4-2-3-5-18(16)28/h2-9,12,15,21,28H,10-11H2,1H3,(H,24,25,26). The predicted octanol–water partition coefficient (Wildman–Crippen LogP) is 3.19. The third-order valence-electron chi connectivity index (χ3n) is 5.89. The number of benzene rings is 2. The quantitative estimate of drug-likeness (QED) is 0.632. The SMILES string of the molecule is COC(=O)c1ccc(C2C3=C(CC(c4ccccc4O)CC3=O)Nc3ncnn32)cc1. The highest BCUT2D eigenvalue weighted by Gasteiger charge is 2.39. The van der Waals surface area contributed by atoms with E-state index in [-0.39, 0.29) is 17.5 Å². The lowest BCUT2D eigenvalue weighted by Crippen LogP contribution is -2.33. The maximum absolute atomic E-state index is 13.3. The predicted molar refractivity (Wildman–Crippen MR) is 112 cm³/mol. The molecular formula is C23H20N4O4. The molecule has 8 nitrogen and oxygen atoms in total. The number of ether oxygens (including phenoxy) is 1. The van der Waals surface area contributed by atoms with Crippen molar-refractivity contribution in [3.8, 4) is 5.75 Å². The Bertz CT molecular complexity index is 1210. The van der Waals surface area contributed by atoms with Crippen molar-refractivity contribution in [3.05, 3.63) is 82.8 Å². The summed E-state index contributed by atoms with van der Waals surface area (Å²) in [6.45, 7) is 0. The fraction of sp³-hybridized carbons (Fsp3) is 0.217. The number of phenolic OH excluding ortho intramolecular Hbond substituents is 1. The molecule has 0 amide bonds. The number of nitrogens with zero attached hydrogens (tertiary/aromatic N) is 3. The normalized spacial score (nSPS) is 20.0. The Morgan fingerprint density at radius 2 is 1.94 bits per heavy atom. The third-order valence-corrected chi connectivity index (χ3v) is 5.89. The maximum Gasteiger partial charge on any atom is 0.337 e. The highest BCUT2D eigenvalue weighted by molar-refractivity contribution is 6.00. The van der Waals surface area contributed by atoms with Crippen LogP contribution in [0.25, 0.3) is 0 Å². The summed E-state index contributed by atoms with van der Waals surface area (Å²) < 4.78 is 6.46. The van der Waals surface area contributed by atoms with E-state index in [4.69, 9.17) is 4.74 Å². The molecule has 156 valence electrons. The molecule has 31 heavy (non-hydrogen) atoms. The van der Waals surface area contributed by atoms with Crippen molar-refractivity contribution in [2.24, 2.45) is 0 Å². The molecule has 3 aromatic rings. The van der Waals surface area contributed by atoms with Gasteiger partial charge in [-0.2, -0.15) is 10.1 Å². The van der Waals surface area contributed by atoms with Crippen molar-refractivity contribution >= 4 is 17.7 Å². The van der Waals surface area contributed by atoms with Crippen LogP contribution in [0.3, 0.4) is 0 Å². The molecule has 0 bridgehead atoms. The Balaban J connectivity index is 1.57. The van der Waals surface area contributed by atoms with Crippen molar-refractivity contribution in [1.82, 2.24) is 14.8 Å². The molecule has 0 spiro atoms. The van der Waals surface area contributed by atoms with Crippen LogP contribution in [0.2, 0.25) is 0 Å². The summed E-state index contributed by atoms with van der Waals surface area (Å²) >= 11 is 0. The number of fused-ring (bicyclic) bond motifs is 1. The number of hydrogen-bond acceptors (Lipinski definition) is 7. The number of carbonyl (C=O) groups excluding carboxylic acids is 2. The average molecular weight is 416 g/mol. The van der Waals surface area contributed by atoms with Gasteiger partial charge in [0.15, 0.2) is 5.78 Å². The minimum Gasteiger partial charge on any atom is -0.508 e. The fourth-order valence-corrected chi connectivity index (χ4v) is 4.43. The van der Waals surface area contributed by atoms with E-state index in [0.717, 1.165) is 16.8 Å². The molecule has 2 aliphatic rings. The molecule has 2 aromatic carbocycles. The first-order chi connectivity index (χ1) is 15.1. The lowest BCUT2D eigenvalue weighted by atomic mass is 9.77. The molecule has 1 aliphatic heterocycles. The van der Waals surface area contributed by atoms with Gasteiger partial charge in [0.25, 0.3) is 0 Å². The minimum absolute atomic E-state index is 0.00908. The summed E-state index contributed by atoms with van der Waals surface area (Å²) in [5.41, 5.74) is 3.43. The number of phenols is 1. The topological polar surface area (TPSA) is 106 Å². The van der Waals surface area contributed by atoms with Crippen LogP contribution in [0.4, 0.5) is 5.95 Å². The molecule has 1 aromatic heterocycles. The Morgan fingerprint density at radius 3 is 2.68 bits per heavy atom. The van der Waals surface area contributed by atoms with E-state index in [9.17, 15) is 14.7 Å². The molecule has 2 unspecified atom stereocenters. The summed E-state index contributed by atoms with van der Waals surface area (Å²) in [7, 11) is 1.34. The second kappa shape index (κ2) is 7.39. The molecular weight excluding hydrogens is 396 g/mol. The molecule has 2 heterocycles. The van der Waals surface area contributed by atoms with Gasteiger partial charge in [-0.15, -0.1) is 0 Å². The van der Waals surface area contributed by atoms with Gasteiger partial charge in [-0.05, 0) is 35.7 Å². The molecule has 0 saturated heterocycles. The summed E-state index contributed by atoms with van der Waals surface area (Å²) in [6, 6.07) is 13.6. The number of aromatic nitrogens is 3. The summed E-state index contributed by atoms with van der Waals surface area (Å²) in [4.78, 5) is 29.4. The molecule has 1 aliphatic carbocycles. The molecule has 0 saturated carbocycles. The van der Waals surface area contributed by atoms with Gasteiger partial charge in [-0.3, -0.25) is 4.79 Å². The number of para-hydroxylation sites is 1. The molecule has 8 heteroatoms. The van der Waals surface area contributed by atoms with Gasteiger partial charge < -0.3 is 15.2 Å². The van der Waals surface area contributed by atoms with E-state index < -0.39 is 12.0 Å². The van der Waals surface area contributed by atoms with Crippen molar-refractivity contribution in [1.29, 1.82) is 0 Å². The maximum atomic E-state index is 13.3. The number of ketones is 1. The fourth-order valence-electron chi connectivity index (χ4n) is 4.43. The Morgan fingerprint density at radius 1 is 1.16 bits per heavy atom. The number of aromatic hydroxyl groups is 1. The van der Waals surface area contributed by atoms with Crippen molar-refractivity contribution in [3.63, 3.8) is 0 Å². The van der Waals surface area contributed by atoms with Crippen LogP contribution in [0.1, 0.15) is 46.3 Å². The highest BCUT2D eigenvalue weighted by Crippen LogP contribution is 2.45. The van der Waals surface area contributed by atoms with Gasteiger partial charge in [0, 0.05) is 23.6 Å².